The lowest BCUT2D eigenvalue weighted by molar-refractivity contribution is 0.0952. The van der Waals surface area contributed by atoms with Gasteiger partial charge in [0.15, 0.2) is 11.5 Å². The molecule has 0 saturated heterocycles. The number of carbonyl (C=O) groups excluding carboxylic acids is 3. The molecule has 1 aliphatic rings. The summed E-state index contributed by atoms with van der Waals surface area (Å²) in [7, 11) is 0. The molecule has 0 unspecified atom stereocenters. The summed E-state index contributed by atoms with van der Waals surface area (Å²) in [4.78, 5) is 44.1. The molecule has 1 aromatic heterocycles. The molecule has 4 N–H and O–H groups in total. The Morgan fingerprint density at radius 3 is 2.69 bits per heavy atom. The van der Waals surface area contributed by atoms with Gasteiger partial charge in [0.25, 0.3) is 11.8 Å². The largest absolute Gasteiger partial charge is 0.452 e. The van der Waals surface area contributed by atoms with E-state index >= 15 is 0 Å². The molecule has 2 heterocycles. The minimum absolute atomic E-state index is 0.0663. The number of carbonyl (C=O) groups is 3. The fourth-order valence-corrected chi connectivity index (χ4v) is 3.84. The zero-order chi connectivity index (χ0) is 24.5. The Hall–Kier alpha value is -4.79. The third-order valence-corrected chi connectivity index (χ3v) is 5.57. The maximum absolute atomic E-state index is 13.3. The minimum Gasteiger partial charge on any atom is -0.452 e. The summed E-state index contributed by atoms with van der Waals surface area (Å²) in [5.41, 5.74) is 8.13. The normalized spacial score (nSPS) is 13.6. The Labute approximate surface area is 198 Å². The first-order chi connectivity index (χ1) is 16.9. The highest BCUT2D eigenvalue weighted by atomic mass is 19.1. The first-order valence-corrected chi connectivity index (χ1v) is 10.8. The number of primary amides is 1. The maximum Gasteiger partial charge on any atom is 0.252 e. The average Bonchev–Trinajstić information content (AvgIpc) is 3.39. The Bertz CT molecular complexity index is 1520. The number of benzene rings is 3. The number of rotatable bonds is 6. The lowest BCUT2D eigenvalue weighted by Crippen LogP contribution is -2.25. The number of hydrogen-bond acceptors (Lipinski definition) is 5. The van der Waals surface area contributed by atoms with Crippen LogP contribution in [0.1, 0.15) is 42.5 Å². The lowest BCUT2D eigenvalue weighted by Gasteiger charge is -2.05. The lowest BCUT2D eigenvalue weighted by atomic mass is 10.1. The molecule has 0 spiro atoms. The molecule has 0 saturated carbocycles. The monoisotopic (exact) mass is 470 g/mol. The van der Waals surface area contributed by atoms with Crippen LogP contribution in [0.25, 0.3) is 17.1 Å². The van der Waals surface area contributed by atoms with E-state index in [0.717, 1.165) is 0 Å². The quantitative estimate of drug-likeness (QED) is 0.372. The summed E-state index contributed by atoms with van der Waals surface area (Å²) in [6, 6.07) is 15.6. The highest BCUT2D eigenvalue weighted by Gasteiger charge is 2.30. The fraction of sp³-hybridized carbons (Fsp3) is 0.0769. The standard InChI is InChI=1S/C26H19FN4O4/c27-16-8-9-19-20(13-16)31-22(30-19)10-11-29-26(34)15-6-4-14(5-7-15)12-21-23(32)17-2-1-3-18(25(28)33)24(17)35-21/h1-9,12-13H,10-11H2,(H2,28,33)(H,29,34)(H,30,31)/b21-12-. The zero-order valence-electron chi connectivity index (χ0n) is 18.3. The number of nitrogens with one attached hydrogen (secondary N) is 2. The Kier molecular flexibility index (Phi) is 5.58. The molecular formula is C26H19FN4O4. The Morgan fingerprint density at radius 2 is 1.91 bits per heavy atom. The van der Waals surface area contributed by atoms with Gasteiger partial charge in [-0.25, -0.2) is 9.37 Å². The van der Waals surface area contributed by atoms with E-state index in [4.69, 9.17) is 10.5 Å². The number of Topliss-reactive ketones (excluding diaryl/α,β-unsaturated/α-hetero) is 1. The van der Waals surface area contributed by atoms with Gasteiger partial charge in [0.2, 0.25) is 5.78 Å². The number of nitrogens with two attached hydrogens (primary N) is 1. The number of nitrogens with zero attached hydrogens (tertiary/aromatic N) is 1. The van der Waals surface area contributed by atoms with E-state index in [2.05, 4.69) is 15.3 Å². The van der Waals surface area contributed by atoms with Gasteiger partial charge in [0, 0.05) is 18.5 Å². The van der Waals surface area contributed by atoms with Crippen LogP contribution in [0.3, 0.4) is 0 Å². The number of hydrogen-bond donors (Lipinski definition) is 3. The first-order valence-electron chi connectivity index (χ1n) is 10.8. The number of amides is 2. The average molecular weight is 470 g/mol. The predicted octanol–water partition coefficient (Wildman–Crippen LogP) is 3.39. The van der Waals surface area contributed by atoms with Crippen LogP contribution in [0.15, 0.2) is 66.4 Å². The number of imidazole rings is 1. The van der Waals surface area contributed by atoms with Crippen LogP contribution in [-0.2, 0) is 6.42 Å². The molecule has 174 valence electrons. The summed E-state index contributed by atoms with van der Waals surface area (Å²) >= 11 is 0. The molecule has 0 aliphatic carbocycles. The van der Waals surface area contributed by atoms with Crippen molar-refractivity contribution in [3.8, 4) is 5.75 Å². The van der Waals surface area contributed by atoms with Gasteiger partial charge < -0.3 is 20.8 Å². The molecule has 0 radical (unpaired) electrons. The number of ether oxygens (including phenoxy) is 1. The first kappa shape index (κ1) is 22.0. The number of fused-ring (bicyclic) bond motifs is 2. The highest BCUT2D eigenvalue weighted by molar-refractivity contribution is 6.16. The molecule has 3 aromatic carbocycles. The van der Waals surface area contributed by atoms with Crippen LogP contribution < -0.4 is 15.8 Å². The number of para-hydroxylation sites is 1. The molecular weight excluding hydrogens is 451 g/mol. The number of aromatic nitrogens is 2. The third-order valence-electron chi connectivity index (χ3n) is 5.57. The molecule has 8 nitrogen and oxygen atoms in total. The van der Waals surface area contributed by atoms with Crippen molar-refractivity contribution in [2.75, 3.05) is 6.54 Å². The van der Waals surface area contributed by atoms with E-state index in [1.165, 1.54) is 18.2 Å². The van der Waals surface area contributed by atoms with E-state index in [0.29, 0.717) is 41.0 Å². The molecule has 2 amide bonds. The fourth-order valence-electron chi connectivity index (χ4n) is 3.84. The van der Waals surface area contributed by atoms with E-state index in [1.54, 1.807) is 48.5 Å². The molecule has 35 heavy (non-hydrogen) atoms. The van der Waals surface area contributed by atoms with E-state index in [9.17, 15) is 18.8 Å². The molecule has 0 atom stereocenters. The van der Waals surface area contributed by atoms with E-state index in [1.807, 2.05) is 0 Å². The van der Waals surface area contributed by atoms with Crippen molar-refractivity contribution in [2.45, 2.75) is 6.42 Å². The number of allylic oxidation sites excluding steroid dienone is 1. The Balaban J connectivity index is 1.22. The second-order valence-corrected chi connectivity index (χ2v) is 7.96. The molecule has 9 heteroatoms. The highest BCUT2D eigenvalue weighted by Crippen LogP contribution is 2.34. The Morgan fingerprint density at radius 1 is 1.11 bits per heavy atom. The number of ketones is 1. The van der Waals surface area contributed by atoms with Crippen molar-refractivity contribution >= 4 is 34.7 Å². The van der Waals surface area contributed by atoms with Crippen LogP contribution in [0, 0.1) is 5.82 Å². The molecule has 1 aliphatic heterocycles. The maximum atomic E-state index is 13.3. The zero-order valence-corrected chi connectivity index (χ0v) is 18.3. The van der Waals surface area contributed by atoms with Gasteiger partial charge >= 0.3 is 0 Å². The molecule has 4 aromatic rings. The number of aromatic amines is 1. The topological polar surface area (TPSA) is 127 Å². The van der Waals surface area contributed by atoms with Gasteiger partial charge in [-0.1, -0.05) is 18.2 Å². The second kappa shape index (κ2) is 8.86. The predicted molar refractivity (Wildman–Crippen MR) is 126 cm³/mol. The second-order valence-electron chi connectivity index (χ2n) is 7.96. The summed E-state index contributed by atoms with van der Waals surface area (Å²) in [6.07, 6.45) is 2.00. The van der Waals surface area contributed by atoms with Gasteiger partial charge in [-0.05, 0) is 54.1 Å². The van der Waals surface area contributed by atoms with Crippen LogP contribution in [0.4, 0.5) is 4.39 Å². The summed E-state index contributed by atoms with van der Waals surface area (Å²) < 4.78 is 18.9. The van der Waals surface area contributed by atoms with Crippen molar-refractivity contribution in [1.82, 2.24) is 15.3 Å². The van der Waals surface area contributed by atoms with Gasteiger partial charge in [-0.15, -0.1) is 0 Å². The van der Waals surface area contributed by atoms with Gasteiger partial charge in [-0.2, -0.15) is 0 Å². The van der Waals surface area contributed by atoms with E-state index < -0.39 is 5.91 Å². The number of halogens is 1. The molecule has 0 bridgehead atoms. The van der Waals surface area contributed by atoms with Crippen molar-refractivity contribution in [1.29, 1.82) is 0 Å². The van der Waals surface area contributed by atoms with E-state index in [-0.39, 0.29) is 40.1 Å². The summed E-state index contributed by atoms with van der Waals surface area (Å²) in [5.74, 6) is -0.770. The summed E-state index contributed by atoms with van der Waals surface area (Å²) in [6.45, 7) is 0.343. The van der Waals surface area contributed by atoms with Gasteiger partial charge in [0.1, 0.15) is 11.6 Å². The summed E-state index contributed by atoms with van der Waals surface area (Å²) in [5, 5.41) is 2.82. The third kappa shape index (κ3) is 4.39. The SMILES string of the molecule is NC(=O)c1cccc2c1O/C(=C\c1ccc(C(=O)NCCc3nc4ccc(F)cc4[nH]3)cc1)C2=O. The van der Waals surface area contributed by atoms with Crippen molar-refractivity contribution in [3.05, 3.63) is 100 Å². The van der Waals surface area contributed by atoms with Crippen molar-refractivity contribution in [2.24, 2.45) is 5.73 Å². The smallest absolute Gasteiger partial charge is 0.252 e. The van der Waals surface area contributed by atoms with Crippen LogP contribution in [-0.4, -0.2) is 34.1 Å². The van der Waals surface area contributed by atoms with Crippen LogP contribution >= 0.6 is 0 Å². The van der Waals surface area contributed by atoms with Gasteiger partial charge in [0.05, 0.1) is 22.2 Å². The molecule has 5 rings (SSSR count). The van der Waals surface area contributed by atoms with Crippen molar-refractivity contribution < 1.29 is 23.5 Å². The minimum atomic E-state index is -0.680. The van der Waals surface area contributed by atoms with Crippen LogP contribution in [0.2, 0.25) is 0 Å². The molecule has 0 fully saturated rings. The number of H-pyrrole nitrogens is 1. The van der Waals surface area contributed by atoms with Crippen LogP contribution in [0.5, 0.6) is 5.75 Å². The van der Waals surface area contributed by atoms with Crippen molar-refractivity contribution in [3.63, 3.8) is 0 Å². The van der Waals surface area contributed by atoms with Gasteiger partial charge in [-0.3, -0.25) is 14.4 Å².